The molecule has 0 unspecified atom stereocenters. The molecule has 0 aromatic heterocycles. The average molecular weight is 320 g/mol. The largest absolute Gasteiger partial charge is 0.748 e. The minimum absolute atomic E-state index is 0.165. The third-order valence-corrected chi connectivity index (χ3v) is 4.70. The predicted molar refractivity (Wildman–Crippen MR) is 82.7 cm³/mol. The Kier molecular flexibility index (Phi) is 9.48. The monoisotopic (exact) mass is 320 g/mol. The van der Waals surface area contributed by atoms with Crippen LogP contribution >= 0.6 is 0 Å². The Morgan fingerprint density at radius 3 is 2.24 bits per heavy atom. The highest BCUT2D eigenvalue weighted by Crippen LogP contribution is 2.11. The van der Waals surface area contributed by atoms with Gasteiger partial charge in [-0.2, -0.15) is 0 Å². The van der Waals surface area contributed by atoms with Gasteiger partial charge in [-0.05, 0) is 32.8 Å². The number of quaternary nitrogens is 1. The van der Waals surface area contributed by atoms with Crippen LogP contribution in [0.5, 0.6) is 0 Å². The quantitative estimate of drug-likeness (QED) is 0.250. The lowest BCUT2D eigenvalue weighted by Gasteiger charge is -2.37. The van der Waals surface area contributed by atoms with Crippen LogP contribution < -0.4 is 5.32 Å². The van der Waals surface area contributed by atoms with E-state index in [-0.39, 0.29) is 11.7 Å². The first kappa shape index (κ1) is 20.1. The summed E-state index contributed by atoms with van der Waals surface area (Å²) in [6.07, 6.45) is 3.26. The topological polar surface area (TPSA) is 86.3 Å². The van der Waals surface area contributed by atoms with E-state index in [1.165, 1.54) is 6.08 Å². The molecule has 6 nitrogen and oxygen atoms in total. The fourth-order valence-corrected chi connectivity index (χ4v) is 2.95. The molecular formula is C14H28N2O4S. The van der Waals surface area contributed by atoms with Crippen LogP contribution in [-0.4, -0.2) is 61.8 Å². The molecule has 1 N–H and O–H groups in total. The molecule has 0 aliphatic rings. The van der Waals surface area contributed by atoms with Gasteiger partial charge in [0.05, 0.1) is 36.3 Å². The van der Waals surface area contributed by atoms with Crippen molar-refractivity contribution in [2.24, 2.45) is 0 Å². The van der Waals surface area contributed by atoms with Crippen molar-refractivity contribution in [1.29, 1.82) is 0 Å². The molecule has 0 aromatic rings. The van der Waals surface area contributed by atoms with E-state index in [0.717, 1.165) is 43.5 Å². The molecule has 0 fully saturated rings. The van der Waals surface area contributed by atoms with Crippen LogP contribution in [-0.2, 0) is 14.9 Å². The number of amides is 1. The highest BCUT2D eigenvalue weighted by molar-refractivity contribution is 7.85. The molecule has 0 rings (SSSR count). The first-order valence-corrected chi connectivity index (χ1v) is 9.05. The normalized spacial score (nSPS) is 12.1. The van der Waals surface area contributed by atoms with Gasteiger partial charge in [-0.1, -0.05) is 6.58 Å². The van der Waals surface area contributed by atoms with Crippen molar-refractivity contribution in [2.45, 2.75) is 33.1 Å². The van der Waals surface area contributed by atoms with Gasteiger partial charge < -0.3 is 14.4 Å². The zero-order chi connectivity index (χ0) is 16.4. The van der Waals surface area contributed by atoms with Crippen molar-refractivity contribution < 1.29 is 22.2 Å². The Morgan fingerprint density at radius 1 is 1.19 bits per heavy atom. The summed E-state index contributed by atoms with van der Waals surface area (Å²) < 4.78 is 32.6. The van der Waals surface area contributed by atoms with Crippen LogP contribution in [0.15, 0.2) is 12.7 Å². The maximum Gasteiger partial charge on any atom is 0.243 e. The van der Waals surface area contributed by atoms with Crippen LogP contribution in [0.4, 0.5) is 0 Å². The number of rotatable bonds is 12. The number of nitrogens with zero attached hydrogens (tertiary/aromatic N) is 1. The maximum absolute atomic E-state index is 11.1. The highest BCUT2D eigenvalue weighted by Gasteiger charge is 2.22. The molecule has 0 aromatic carbocycles. The van der Waals surface area contributed by atoms with Crippen molar-refractivity contribution >= 4 is 16.0 Å². The van der Waals surface area contributed by atoms with Gasteiger partial charge in [0.25, 0.3) is 0 Å². The van der Waals surface area contributed by atoms with E-state index < -0.39 is 10.1 Å². The smallest absolute Gasteiger partial charge is 0.243 e. The molecule has 0 atom stereocenters. The van der Waals surface area contributed by atoms with Gasteiger partial charge in [0.1, 0.15) is 0 Å². The van der Waals surface area contributed by atoms with Crippen molar-refractivity contribution in [3.63, 3.8) is 0 Å². The summed E-state index contributed by atoms with van der Waals surface area (Å²) in [5.74, 6) is -0.447. The van der Waals surface area contributed by atoms with Gasteiger partial charge in [-0.25, -0.2) is 8.42 Å². The molecular weight excluding hydrogens is 292 g/mol. The van der Waals surface area contributed by atoms with Gasteiger partial charge in [-0.3, -0.25) is 4.79 Å². The third kappa shape index (κ3) is 9.60. The number of hydrogen-bond donors (Lipinski definition) is 1. The lowest BCUT2D eigenvalue weighted by Crippen LogP contribution is -2.49. The number of nitrogens with one attached hydrogen (secondary N) is 1. The molecule has 21 heavy (non-hydrogen) atoms. The first-order valence-electron chi connectivity index (χ1n) is 7.47. The summed E-state index contributed by atoms with van der Waals surface area (Å²) in [5.41, 5.74) is 0. The summed E-state index contributed by atoms with van der Waals surface area (Å²) in [6.45, 7) is 11.9. The molecule has 0 heterocycles. The van der Waals surface area contributed by atoms with Gasteiger partial charge in [-0.15, -0.1) is 0 Å². The SMILES string of the molecule is C=CC(=O)NCCC[N+](CC)(CC)CCCCS(=O)(=O)[O-]. The van der Waals surface area contributed by atoms with E-state index in [1.807, 2.05) is 0 Å². The highest BCUT2D eigenvalue weighted by atomic mass is 32.2. The Labute approximate surface area is 128 Å². The van der Waals surface area contributed by atoms with Crippen LogP contribution in [0, 0.1) is 0 Å². The molecule has 0 aliphatic carbocycles. The maximum atomic E-state index is 11.1. The lowest BCUT2D eigenvalue weighted by molar-refractivity contribution is -0.925. The minimum atomic E-state index is -4.10. The fourth-order valence-electron chi connectivity index (χ4n) is 2.39. The molecule has 0 saturated carbocycles. The summed E-state index contributed by atoms with van der Waals surface area (Å²) in [7, 11) is -4.10. The van der Waals surface area contributed by atoms with Crippen molar-refractivity contribution in [3.8, 4) is 0 Å². The van der Waals surface area contributed by atoms with Crippen molar-refractivity contribution in [3.05, 3.63) is 12.7 Å². The van der Waals surface area contributed by atoms with Gasteiger partial charge >= 0.3 is 0 Å². The van der Waals surface area contributed by atoms with Crippen molar-refractivity contribution in [1.82, 2.24) is 5.32 Å². The molecule has 0 spiro atoms. The Bertz CT molecular complexity index is 417. The molecule has 0 radical (unpaired) electrons. The lowest BCUT2D eigenvalue weighted by atomic mass is 10.2. The van der Waals surface area contributed by atoms with E-state index in [0.29, 0.717) is 13.0 Å². The van der Waals surface area contributed by atoms with Crippen LogP contribution in [0.1, 0.15) is 33.1 Å². The van der Waals surface area contributed by atoms with E-state index >= 15 is 0 Å². The molecule has 0 saturated heterocycles. The Morgan fingerprint density at radius 2 is 1.76 bits per heavy atom. The number of carbonyl (C=O) groups excluding carboxylic acids is 1. The standard InChI is InChI=1S/C14H28N2O4S/c1-4-14(17)15-10-9-12-16(5-2,6-3)11-7-8-13-21(18,19)20/h4H,1,5-13H2,2-3H3,(H-,15,17,18,19,20). The molecule has 1 amide bonds. The van der Waals surface area contributed by atoms with Gasteiger partial charge in [0, 0.05) is 18.7 Å². The predicted octanol–water partition coefficient (Wildman–Crippen LogP) is 0.861. The average Bonchev–Trinajstić information content (AvgIpc) is 2.44. The summed E-state index contributed by atoms with van der Waals surface area (Å²) in [4.78, 5) is 11.1. The van der Waals surface area contributed by atoms with Crippen LogP contribution in [0.3, 0.4) is 0 Å². The van der Waals surface area contributed by atoms with E-state index in [9.17, 15) is 17.8 Å². The van der Waals surface area contributed by atoms with Crippen molar-refractivity contribution in [2.75, 3.05) is 38.5 Å². The van der Waals surface area contributed by atoms with Crippen LogP contribution in [0.25, 0.3) is 0 Å². The Hall–Kier alpha value is -0.920. The molecule has 124 valence electrons. The van der Waals surface area contributed by atoms with Gasteiger partial charge in [0.2, 0.25) is 5.91 Å². The number of hydrogen-bond acceptors (Lipinski definition) is 4. The third-order valence-electron chi connectivity index (χ3n) is 3.91. The molecule has 7 heteroatoms. The number of carbonyl (C=O) groups is 1. The second kappa shape index (κ2) is 9.92. The molecule has 0 bridgehead atoms. The van der Waals surface area contributed by atoms with Gasteiger partial charge in [0.15, 0.2) is 0 Å². The second-order valence-electron chi connectivity index (χ2n) is 5.24. The van der Waals surface area contributed by atoms with Crippen LogP contribution in [0.2, 0.25) is 0 Å². The first-order chi connectivity index (χ1) is 9.78. The summed E-state index contributed by atoms with van der Waals surface area (Å²) in [5, 5.41) is 2.75. The minimum Gasteiger partial charge on any atom is -0.748 e. The zero-order valence-corrected chi connectivity index (χ0v) is 14.0. The van der Waals surface area contributed by atoms with E-state index in [1.54, 1.807) is 0 Å². The number of unbranched alkanes of at least 4 members (excludes halogenated alkanes) is 1. The summed E-state index contributed by atoms with van der Waals surface area (Å²) in [6, 6.07) is 0. The zero-order valence-electron chi connectivity index (χ0n) is 13.1. The summed E-state index contributed by atoms with van der Waals surface area (Å²) >= 11 is 0. The van der Waals surface area contributed by atoms with E-state index in [2.05, 4.69) is 25.7 Å². The second-order valence-corrected chi connectivity index (χ2v) is 6.76. The Balaban J connectivity index is 4.16. The van der Waals surface area contributed by atoms with E-state index in [4.69, 9.17) is 0 Å². The fraction of sp³-hybridized carbons (Fsp3) is 0.786. The molecule has 0 aliphatic heterocycles.